The zero-order valence-corrected chi connectivity index (χ0v) is 9.17. The first-order chi connectivity index (χ1) is 7.93. The van der Waals surface area contributed by atoms with E-state index in [9.17, 15) is 18.3 Å². The normalized spacial score (nSPS) is 28.2. The monoisotopic (exact) mass is 245 g/mol. The molecule has 0 amide bonds. The third kappa shape index (κ3) is 2.17. The molecule has 1 fully saturated rings. The molecule has 2 unspecified atom stereocenters. The summed E-state index contributed by atoms with van der Waals surface area (Å²) in [7, 11) is 0. The highest BCUT2D eigenvalue weighted by Gasteiger charge is 2.53. The molecule has 1 saturated carbocycles. The summed E-state index contributed by atoms with van der Waals surface area (Å²) < 4.78 is 37.1. The van der Waals surface area contributed by atoms with Crippen LogP contribution >= 0.6 is 0 Å². The Kier molecular flexibility index (Phi) is 2.91. The summed E-state index contributed by atoms with van der Waals surface area (Å²) in [5.41, 5.74) is 5.41. The summed E-state index contributed by atoms with van der Waals surface area (Å²) in [6.45, 7) is 0.338. The van der Waals surface area contributed by atoms with Crippen molar-refractivity contribution in [3.05, 3.63) is 35.4 Å². The fourth-order valence-electron chi connectivity index (χ4n) is 2.19. The predicted molar refractivity (Wildman–Crippen MR) is 57.4 cm³/mol. The van der Waals surface area contributed by atoms with Crippen molar-refractivity contribution in [3.8, 4) is 0 Å². The first kappa shape index (κ1) is 12.4. The van der Waals surface area contributed by atoms with Crippen molar-refractivity contribution in [3.63, 3.8) is 0 Å². The second-order valence-corrected chi connectivity index (χ2v) is 4.60. The Labute approximate surface area is 97.2 Å². The summed E-state index contributed by atoms with van der Waals surface area (Å²) in [6, 6.07) is 5.10. The molecule has 1 aromatic rings. The fraction of sp³-hybridized carbons (Fsp3) is 0.500. The number of rotatable bonds is 3. The van der Waals surface area contributed by atoms with Gasteiger partial charge < -0.3 is 10.8 Å². The average Bonchev–Trinajstić information content (AvgIpc) is 3.03. The quantitative estimate of drug-likeness (QED) is 0.857. The van der Waals surface area contributed by atoms with E-state index < -0.39 is 11.7 Å². The molecular formula is C12H14F3NO. The predicted octanol–water partition coefficient (Wildman–Crippen LogP) is 2.13. The van der Waals surface area contributed by atoms with Gasteiger partial charge in [-0.2, -0.15) is 13.2 Å². The number of aliphatic hydroxyl groups is 1. The summed E-state index contributed by atoms with van der Waals surface area (Å²) >= 11 is 0. The van der Waals surface area contributed by atoms with Gasteiger partial charge in [-0.15, -0.1) is 0 Å². The molecule has 2 rings (SSSR count). The number of hydrogen-bond donors (Lipinski definition) is 2. The number of alkyl halides is 3. The standard InChI is InChI=1S/C12H14F3NO/c13-12(14,15)9-3-1-8(2-4-9)10-5-11(10,6-16)7-17/h1-4,10,17H,5-7,16H2. The molecule has 2 nitrogen and oxygen atoms in total. The highest BCUT2D eigenvalue weighted by Crippen LogP contribution is 2.58. The zero-order valence-electron chi connectivity index (χ0n) is 9.17. The summed E-state index contributed by atoms with van der Waals surface area (Å²) in [4.78, 5) is 0. The van der Waals surface area contributed by atoms with Crippen LogP contribution in [0.5, 0.6) is 0 Å². The summed E-state index contributed by atoms with van der Waals surface area (Å²) in [5, 5.41) is 9.21. The highest BCUT2D eigenvalue weighted by atomic mass is 19.4. The van der Waals surface area contributed by atoms with Crippen molar-refractivity contribution < 1.29 is 18.3 Å². The molecule has 0 radical (unpaired) electrons. The number of benzene rings is 1. The van der Waals surface area contributed by atoms with Gasteiger partial charge in [-0.3, -0.25) is 0 Å². The van der Waals surface area contributed by atoms with Gasteiger partial charge in [0.2, 0.25) is 0 Å². The Bertz CT molecular complexity index is 395. The van der Waals surface area contributed by atoms with Gasteiger partial charge in [-0.1, -0.05) is 12.1 Å². The van der Waals surface area contributed by atoms with Gasteiger partial charge in [0, 0.05) is 12.0 Å². The number of hydrogen-bond acceptors (Lipinski definition) is 2. The van der Waals surface area contributed by atoms with Crippen LogP contribution < -0.4 is 5.73 Å². The first-order valence-electron chi connectivity index (χ1n) is 5.41. The van der Waals surface area contributed by atoms with E-state index in [1.165, 1.54) is 12.1 Å². The average molecular weight is 245 g/mol. The molecule has 0 aromatic heterocycles. The lowest BCUT2D eigenvalue weighted by atomic mass is 9.99. The van der Waals surface area contributed by atoms with Crippen LogP contribution in [0.15, 0.2) is 24.3 Å². The SMILES string of the molecule is NCC1(CO)CC1c1ccc(C(F)(F)F)cc1. The van der Waals surface area contributed by atoms with Crippen LogP contribution in [0.1, 0.15) is 23.5 Å². The molecule has 3 N–H and O–H groups in total. The molecule has 0 bridgehead atoms. The lowest BCUT2D eigenvalue weighted by Gasteiger charge is -2.12. The van der Waals surface area contributed by atoms with Gasteiger partial charge >= 0.3 is 6.18 Å². The lowest BCUT2D eigenvalue weighted by Crippen LogP contribution is -2.21. The molecule has 0 aliphatic heterocycles. The Morgan fingerprint density at radius 3 is 2.24 bits per heavy atom. The molecule has 0 heterocycles. The van der Waals surface area contributed by atoms with Gasteiger partial charge in [0.05, 0.1) is 12.2 Å². The fourth-order valence-corrected chi connectivity index (χ4v) is 2.19. The van der Waals surface area contributed by atoms with Crippen LogP contribution in [-0.4, -0.2) is 18.3 Å². The van der Waals surface area contributed by atoms with Crippen molar-refractivity contribution in [1.82, 2.24) is 0 Å². The van der Waals surface area contributed by atoms with E-state index in [-0.39, 0.29) is 17.9 Å². The minimum absolute atomic E-state index is 0.0187. The first-order valence-corrected chi connectivity index (χ1v) is 5.41. The topological polar surface area (TPSA) is 46.2 Å². The smallest absolute Gasteiger partial charge is 0.396 e. The van der Waals surface area contributed by atoms with Crippen LogP contribution in [0, 0.1) is 5.41 Å². The number of halogens is 3. The van der Waals surface area contributed by atoms with Crippen molar-refractivity contribution in [2.45, 2.75) is 18.5 Å². The van der Waals surface area contributed by atoms with E-state index in [1.54, 1.807) is 0 Å². The van der Waals surface area contributed by atoms with Gasteiger partial charge in [0.15, 0.2) is 0 Å². The van der Waals surface area contributed by atoms with E-state index >= 15 is 0 Å². The molecule has 1 aromatic carbocycles. The molecule has 94 valence electrons. The van der Waals surface area contributed by atoms with Crippen molar-refractivity contribution >= 4 is 0 Å². The molecule has 17 heavy (non-hydrogen) atoms. The van der Waals surface area contributed by atoms with Crippen LogP contribution in [-0.2, 0) is 6.18 Å². The second-order valence-electron chi connectivity index (χ2n) is 4.60. The molecule has 0 saturated heterocycles. The van der Waals surface area contributed by atoms with Gasteiger partial charge in [0.25, 0.3) is 0 Å². The van der Waals surface area contributed by atoms with Gasteiger partial charge in [-0.25, -0.2) is 0 Å². The maximum atomic E-state index is 12.4. The number of aliphatic hydroxyl groups excluding tert-OH is 1. The molecule has 0 spiro atoms. The van der Waals surface area contributed by atoms with Crippen molar-refractivity contribution in [2.24, 2.45) is 11.1 Å². The maximum absolute atomic E-state index is 12.4. The third-order valence-electron chi connectivity index (χ3n) is 3.55. The summed E-state index contributed by atoms with van der Waals surface area (Å²) in [6.07, 6.45) is -3.56. The summed E-state index contributed by atoms with van der Waals surface area (Å²) in [5.74, 6) is 0.0831. The molecular weight excluding hydrogens is 231 g/mol. The molecule has 5 heteroatoms. The molecule has 1 aliphatic carbocycles. The van der Waals surface area contributed by atoms with Gasteiger partial charge in [0.1, 0.15) is 0 Å². The van der Waals surface area contributed by atoms with Crippen molar-refractivity contribution in [1.29, 1.82) is 0 Å². The van der Waals surface area contributed by atoms with E-state index in [2.05, 4.69) is 0 Å². The second kappa shape index (κ2) is 3.99. The molecule has 2 atom stereocenters. The highest BCUT2D eigenvalue weighted by molar-refractivity contribution is 5.33. The van der Waals surface area contributed by atoms with Crippen molar-refractivity contribution in [2.75, 3.05) is 13.2 Å². The zero-order chi connectivity index (χ0) is 12.7. The van der Waals surface area contributed by atoms with Crippen LogP contribution in [0.25, 0.3) is 0 Å². The Morgan fingerprint density at radius 2 is 1.88 bits per heavy atom. The largest absolute Gasteiger partial charge is 0.416 e. The minimum atomic E-state index is -4.30. The third-order valence-corrected chi connectivity index (χ3v) is 3.55. The van der Waals surface area contributed by atoms with Crippen LogP contribution in [0.2, 0.25) is 0 Å². The Morgan fingerprint density at radius 1 is 1.29 bits per heavy atom. The van der Waals surface area contributed by atoms with Crippen LogP contribution in [0.4, 0.5) is 13.2 Å². The molecule has 1 aliphatic rings. The lowest BCUT2D eigenvalue weighted by molar-refractivity contribution is -0.137. The minimum Gasteiger partial charge on any atom is -0.396 e. The Balaban J connectivity index is 2.16. The Hall–Kier alpha value is -1.07. The van der Waals surface area contributed by atoms with E-state index in [0.29, 0.717) is 6.54 Å². The van der Waals surface area contributed by atoms with E-state index in [1.807, 2.05) is 0 Å². The number of nitrogens with two attached hydrogens (primary N) is 1. The van der Waals surface area contributed by atoms with E-state index in [4.69, 9.17) is 5.73 Å². The van der Waals surface area contributed by atoms with Crippen LogP contribution in [0.3, 0.4) is 0 Å². The van der Waals surface area contributed by atoms with E-state index in [0.717, 1.165) is 24.1 Å². The van der Waals surface area contributed by atoms with Gasteiger partial charge in [-0.05, 0) is 30.0 Å². The maximum Gasteiger partial charge on any atom is 0.416 e.